The van der Waals surface area contributed by atoms with Crippen molar-refractivity contribution in [2.24, 2.45) is 0 Å². The molecule has 8 heavy (non-hydrogen) atoms. The maximum absolute atomic E-state index is 9.33. The second-order valence-electron chi connectivity index (χ2n) is 0.835. The van der Waals surface area contributed by atoms with Crippen LogP contribution in [0.4, 0.5) is 0 Å². The minimum Gasteiger partial charge on any atom is -0.333 e. The van der Waals surface area contributed by atoms with Gasteiger partial charge >= 0.3 is 0 Å². The van der Waals surface area contributed by atoms with Crippen LogP contribution >= 0.6 is 7.47 Å². The van der Waals surface area contributed by atoms with Gasteiger partial charge in [-0.15, -0.1) is 0 Å². The van der Waals surface area contributed by atoms with Crippen LogP contribution in [0.1, 0.15) is 0 Å². The third kappa shape index (κ3) is 92.0. The van der Waals surface area contributed by atoms with Crippen LogP contribution in [0.15, 0.2) is 0 Å². The summed E-state index contributed by atoms with van der Waals surface area (Å²) < 4.78 is 9.33. The first kappa shape index (κ1) is 22.5. The molecule has 0 amide bonds. The molecule has 0 aromatic rings. The van der Waals surface area contributed by atoms with Gasteiger partial charge in [0, 0.05) is 41.9 Å². The summed E-state index contributed by atoms with van der Waals surface area (Å²) in [6, 6.07) is 0. The van der Waals surface area contributed by atoms with Gasteiger partial charge < -0.3 is 9.79 Å². The molecule has 3 nitrogen and oxygen atoms in total. The molecule has 0 atom stereocenters. The van der Waals surface area contributed by atoms with E-state index in [0.717, 1.165) is 7.57 Å². The maximum atomic E-state index is 9.33. The van der Waals surface area contributed by atoms with Gasteiger partial charge in [0.1, 0.15) is 0 Å². The van der Waals surface area contributed by atoms with Gasteiger partial charge in [-0.25, -0.2) is 0 Å². The molecule has 0 aromatic heterocycles. The van der Waals surface area contributed by atoms with Crippen LogP contribution in [0.3, 0.4) is 0 Å². The summed E-state index contributed by atoms with van der Waals surface area (Å²) >= 11 is 0. The largest absolute Gasteiger partial charge is 0.333 e. The molecule has 1 radical (unpaired) electrons. The van der Waals surface area contributed by atoms with Crippen LogP contribution in [0.25, 0.3) is 0 Å². The summed E-state index contributed by atoms with van der Waals surface area (Å²) in [5, 5.41) is 0. The van der Waals surface area contributed by atoms with Crippen molar-refractivity contribution >= 4 is 32.4 Å². The van der Waals surface area contributed by atoms with E-state index in [1.807, 2.05) is 0 Å². The molecule has 8 heteroatoms. The fourth-order valence-corrected chi connectivity index (χ4v) is 0. The van der Waals surface area contributed by atoms with Gasteiger partial charge in [0.25, 0.3) is 15.0 Å². The molecule has 0 aliphatic rings. The fraction of sp³-hybridized carbons (Fsp3) is 0. The Morgan fingerprint density at radius 2 is 1.38 bits per heavy atom. The third-order valence-corrected chi connectivity index (χ3v) is 0. The average Bonchev–Trinajstić information content (AvgIpc) is 0.722. The van der Waals surface area contributed by atoms with Crippen LogP contribution < -0.4 is 0 Å². The van der Waals surface area contributed by atoms with Crippen molar-refractivity contribution < 1.29 is 56.2 Å². The smallest absolute Gasteiger partial charge is 0.265 e. The second-order valence-corrected chi connectivity index (χ2v) is 2.51. The Labute approximate surface area is 87.9 Å². The Bertz CT molecular complexity index is 65.4. The fourth-order valence-electron chi connectivity index (χ4n) is 0. The molecule has 0 spiro atoms. The predicted octanol–water partition coefficient (Wildman–Crippen LogP) is -2.48. The van der Waals surface area contributed by atoms with E-state index >= 15 is 0 Å². The van der Waals surface area contributed by atoms with E-state index in [0.29, 0.717) is 0 Å². The number of hydrogen-bond donors (Lipinski definition) is 2. The molecule has 0 bridgehead atoms. The van der Waals surface area contributed by atoms with Gasteiger partial charge in [0.2, 0.25) is 0 Å². The van der Waals surface area contributed by atoms with Crippen molar-refractivity contribution in [2.75, 3.05) is 0 Å². The van der Waals surface area contributed by atoms with E-state index in [1.54, 1.807) is 0 Å². The van der Waals surface area contributed by atoms with Crippen LogP contribution in [0.5, 0.6) is 0 Å². The first-order valence-electron chi connectivity index (χ1n) is 1.03. The van der Waals surface area contributed by atoms with Crippen molar-refractivity contribution in [1.82, 2.24) is 0 Å². The summed E-state index contributed by atoms with van der Waals surface area (Å²) in [5.41, 5.74) is 0. The SMILES string of the molecule is BP(=O)(O)O.[Ag].[AlH3].[Zn]. The number of hydrogen-bond acceptors (Lipinski definition) is 1. The monoisotopic (exact) mass is 295 g/mol. The molecule has 0 aliphatic heterocycles. The molecule has 0 saturated carbocycles. The Morgan fingerprint density at radius 1 is 1.38 bits per heavy atom. The molecular formula is H7AgAlBO3PZn. The van der Waals surface area contributed by atoms with Crippen LogP contribution in [-0.2, 0) is 46.4 Å². The van der Waals surface area contributed by atoms with Gasteiger partial charge in [-0.3, -0.25) is 4.57 Å². The van der Waals surface area contributed by atoms with E-state index in [4.69, 9.17) is 9.79 Å². The van der Waals surface area contributed by atoms with Gasteiger partial charge in [-0.1, -0.05) is 0 Å². The molecule has 0 aromatic carbocycles. The minimum absolute atomic E-state index is 0. The Kier molecular flexibility index (Phi) is 25.6. The average molecular weight is 297 g/mol. The predicted molar refractivity (Wildman–Crippen MR) is 30.5 cm³/mol. The first-order valence-corrected chi connectivity index (χ1v) is 3.09. The molecular weight excluding hydrogens is 290 g/mol. The summed E-state index contributed by atoms with van der Waals surface area (Å²) in [6.07, 6.45) is 0. The molecule has 0 heterocycles. The van der Waals surface area contributed by atoms with E-state index in [-0.39, 0.29) is 59.2 Å². The van der Waals surface area contributed by atoms with Gasteiger partial charge in [-0.05, 0) is 0 Å². The summed E-state index contributed by atoms with van der Waals surface area (Å²) in [5.74, 6) is 0. The molecule has 0 saturated heterocycles. The zero-order valence-corrected chi connectivity index (χ0v) is 9.10. The van der Waals surface area contributed by atoms with E-state index in [2.05, 4.69) is 0 Å². The Balaban J connectivity index is -0.0000000267. The van der Waals surface area contributed by atoms with Gasteiger partial charge in [0.15, 0.2) is 17.4 Å². The normalized spacial score (nSPS) is 7.25. The van der Waals surface area contributed by atoms with Crippen LogP contribution in [-0.4, -0.2) is 34.7 Å². The molecule has 0 unspecified atom stereocenters. The molecule has 0 rings (SSSR count). The van der Waals surface area contributed by atoms with Crippen molar-refractivity contribution in [1.29, 1.82) is 0 Å². The minimum atomic E-state index is -3.64. The zero-order chi connectivity index (χ0) is 4.50. The topological polar surface area (TPSA) is 57.5 Å². The van der Waals surface area contributed by atoms with Crippen molar-refractivity contribution in [3.05, 3.63) is 0 Å². The van der Waals surface area contributed by atoms with Crippen molar-refractivity contribution in [3.8, 4) is 0 Å². The summed E-state index contributed by atoms with van der Waals surface area (Å²) in [6.45, 7) is 0. The molecule has 49 valence electrons. The van der Waals surface area contributed by atoms with Crippen LogP contribution in [0.2, 0.25) is 0 Å². The van der Waals surface area contributed by atoms with Crippen molar-refractivity contribution in [2.45, 2.75) is 0 Å². The second kappa shape index (κ2) is 9.11. The van der Waals surface area contributed by atoms with E-state index in [1.165, 1.54) is 0 Å². The van der Waals surface area contributed by atoms with E-state index < -0.39 is 7.47 Å². The Morgan fingerprint density at radius 3 is 1.38 bits per heavy atom. The van der Waals surface area contributed by atoms with Crippen LogP contribution in [0, 0.1) is 0 Å². The Hall–Kier alpha value is 2.11. The third-order valence-electron chi connectivity index (χ3n) is 0. The summed E-state index contributed by atoms with van der Waals surface area (Å²) in [7, 11) is -2.78. The quantitative estimate of drug-likeness (QED) is 0.385. The number of rotatable bonds is 0. The molecule has 0 aliphatic carbocycles. The maximum Gasteiger partial charge on any atom is 0.265 e. The van der Waals surface area contributed by atoms with E-state index in [9.17, 15) is 4.57 Å². The van der Waals surface area contributed by atoms with Crippen molar-refractivity contribution in [3.63, 3.8) is 0 Å². The zero-order valence-electron chi connectivity index (χ0n) is 3.76. The summed E-state index contributed by atoms with van der Waals surface area (Å²) in [4.78, 5) is 15.3. The molecule has 2 N–H and O–H groups in total. The first-order chi connectivity index (χ1) is 2.00. The standard InChI is InChI=1S/Ag.Al.BH4O3P.Zn.3H/c;;1-5(2,3)4;;;;/h;;1H2,(H2,2,3,4);;;;. The molecule has 0 fully saturated rings. The van der Waals surface area contributed by atoms with Gasteiger partial charge in [0.05, 0.1) is 0 Å². The van der Waals surface area contributed by atoms with Gasteiger partial charge in [-0.2, -0.15) is 0 Å².